The molecule has 0 saturated heterocycles. The molecule has 0 heterocycles. The van der Waals surface area contributed by atoms with Crippen molar-refractivity contribution in [2.24, 2.45) is 0 Å². The van der Waals surface area contributed by atoms with Gasteiger partial charge in [0.1, 0.15) is 0 Å². The first-order valence-corrected chi connectivity index (χ1v) is 26.3. The number of hydrogen-bond acceptors (Lipinski definition) is 1. The zero-order valence-corrected chi connectivity index (χ0v) is 41.9. The molecule has 76 heavy (non-hydrogen) atoms. The van der Waals surface area contributed by atoms with E-state index < -0.39 is 5.41 Å². The molecule has 1 aliphatic rings. The molecule has 356 valence electrons. The lowest BCUT2D eigenvalue weighted by Crippen LogP contribution is -2.28. The summed E-state index contributed by atoms with van der Waals surface area (Å²) in [6, 6.07) is 114. The third-order valence-corrected chi connectivity index (χ3v) is 15.7. The third-order valence-electron chi connectivity index (χ3n) is 15.7. The zero-order chi connectivity index (χ0) is 50.4. The van der Waals surface area contributed by atoms with Crippen molar-refractivity contribution in [3.63, 3.8) is 0 Å². The smallest absolute Gasteiger partial charge is 0.0714 e. The van der Waals surface area contributed by atoms with Crippen molar-refractivity contribution in [1.29, 1.82) is 0 Å². The van der Waals surface area contributed by atoms with Crippen LogP contribution in [-0.2, 0) is 5.41 Å². The molecular weight excluding hydrogens is 915 g/mol. The summed E-state index contributed by atoms with van der Waals surface area (Å²) in [7, 11) is 0. The fourth-order valence-electron chi connectivity index (χ4n) is 12.3. The zero-order valence-electron chi connectivity index (χ0n) is 41.9. The van der Waals surface area contributed by atoms with E-state index in [0.29, 0.717) is 0 Å². The van der Waals surface area contributed by atoms with Crippen LogP contribution in [0.5, 0.6) is 0 Å². The highest BCUT2D eigenvalue weighted by Crippen LogP contribution is 2.57. The molecule has 0 atom stereocenters. The van der Waals surface area contributed by atoms with Crippen LogP contribution in [0.3, 0.4) is 0 Å². The van der Waals surface area contributed by atoms with Crippen molar-refractivity contribution in [2.45, 2.75) is 5.41 Å². The molecular formula is C75H51N. The van der Waals surface area contributed by atoms with Gasteiger partial charge in [0, 0.05) is 17.1 Å². The van der Waals surface area contributed by atoms with Gasteiger partial charge in [-0.2, -0.15) is 0 Å². The van der Waals surface area contributed by atoms with Gasteiger partial charge in [0.05, 0.1) is 5.41 Å². The summed E-state index contributed by atoms with van der Waals surface area (Å²) in [6.45, 7) is 0. The van der Waals surface area contributed by atoms with Gasteiger partial charge in [0.25, 0.3) is 0 Å². The second kappa shape index (κ2) is 18.9. The molecule has 13 aromatic carbocycles. The fourth-order valence-corrected chi connectivity index (χ4v) is 12.3. The second-order valence-corrected chi connectivity index (χ2v) is 19.9. The maximum absolute atomic E-state index is 2.48. The average molecular weight is 966 g/mol. The molecule has 0 radical (unpaired) electrons. The number of benzene rings is 13. The van der Waals surface area contributed by atoms with Crippen LogP contribution in [0.1, 0.15) is 22.3 Å². The summed E-state index contributed by atoms with van der Waals surface area (Å²) in [5, 5.41) is 4.98. The standard InChI is InChI=1S/C75H51N/c1-7-23-52(24-8-1)58-47-59(53-25-9-2-10-26-53)49-64(48-58)76(63-44-46-68-67-36-21-22-38-71(67)75(72(68)51-63,60-31-15-5-16-32-60)61-33-17-6-18-34-61)62-42-39-54(40-43-62)57-41-45-66-65-35-19-20-37-69(65)73(55-27-11-3-12-28-55)74(70(66)50-57)56-29-13-4-14-30-56/h1-51H. The van der Waals surface area contributed by atoms with Crippen LogP contribution in [0.25, 0.3) is 88.3 Å². The Balaban J connectivity index is 0.987. The van der Waals surface area contributed by atoms with Crippen LogP contribution < -0.4 is 4.90 Å². The maximum Gasteiger partial charge on any atom is 0.0714 e. The maximum atomic E-state index is 2.48. The Labute approximate surface area is 444 Å². The van der Waals surface area contributed by atoms with E-state index >= 15 is 0 Å². The highest BCUT2D eigenvalue weighted by Gasteiger charge is 2.46. The number of fused-ring (bicyclic) bond motifs is 6. The van der Waals surface area contributed by atoms with Crippen LogP contribution in [0.2, 0.25) is 0 Å². The van der Waals surface area contributed by atoms with Gasteiger partial charge in [-0.25, -0.2) is 0 Å². The van der Waals surface area contributed by atoms with E-state index in [1.807, 2.05) is 0 Å². The minimum Gasteiger partial charge on any atom is -0.310 e. The molecule has 1 nitrogen and oxygen atoms in total. The second-order valence-electron chi connectivity index (χ2n) is 19.9. The van der Waals surface area contributed by atoms with Gasteiger partial charge in [-0.05, 0) is 159 Å². The molecule has 0 fully saturated rings. The highest BCUT2D eigenvalue weighted by atomic mass is 15.1. The average Bonchev–Trinajstić information content (AvgIpc) is 3.83. The molecule has 0 N–H and O–H groups in total. The van der Waals surface area contributed by atoms with Crippen LogP contribution in [0.15, 0.2) is 309 Å². The normalized spacial score (nSPS) is 12.3. The van der Waals surface area contributed by atoms with Crippen molar-refractivity contribution in [1.82, 2.24) is 0 Å². The molecule has 0 bridgehead atoms. The first-order valence-electron chi connectivity index (χ1n) is 26.3. The highest BCUT2D eigenvalue weighted by molar-refractivity contribution is 6.22. The van der Waals surface area contributed by atoms with E-state index in [0.717, 1.165) is 33.8 Å². The number of anilines is 3. The van der Waals surface area contributed by atoms with Gasteiger partial charge < -0.3 is 4.90 Å². The molecule has 0 aliphatic heterocycles. The molecule has 0 spiro atoms. The Morgan fingerprint density at radius 2 is 0.632 bits per heavy atom. The lowest BCUT2D eigenvalue weighted by Gasteiger charge is -2.35. The molecule has 0 aromatic heterocycles. The topological polar surface area (TPSA) is 3.24 Å². The molecule has 14 rings (SSSR count). The van der Waals surface area contributed by atoms with Crippen LogP contribution in [0.4, 0.5) is 17.1 Å². The van der Waals surface area contributed by atoms with Crippen LogP contribution in [-0.4, -0.2) is 0 Å². The van der Waals surface area contributed by atoms with Gasteiger partial charge in [0.2, 0.25) is 0 Å². The summed E-state index contributed by atoms with van der Waals surface area (Å²) in [5.74, 6) is 0. The van der Waals surface area contributed by atoms with Crippen molar-refractivity contribution in [3.05, 3.63) is 332 Å². The van der Waals surface area contributed by atoms with E-state index in [-0.39, 0.29) is 0 Å². The third kappa shape index (κ3) is 7.55. The summed E-state index contributed by atoms with van der Waals surface area (Å²) in [4.78, 5) is 2.47. The summed E-state index contributed by atoms with van der Waals surface area (Å²) >= 11 is 0. The SMILES string of the molecule is c1ccc(-c2cc(-c3ccccc3)cc(N(c3ccc(-c4ccc5c(c4)c(-c4ccccc4)c(-c4ccccc4)c4ccccc45)cc3)c3ccc4c(c3)C(c3ccccc3)(c3ccccc3)c3ccccc3-4)c2)cc1. The van der Waals surface area contributed by atoms with Crippen molar-refractivity contribution >= 4 is 38.6 Å². The molecule has 0 unspecified atom stereocenters. The Kier molecular flexibility index (Phi) is 11.2. The lowest BCUT2D eigenvalue weighted by molar-refractivity contribution is 0.768. The van der Waals surface area contributed by atoms with E-state index in [4.69, 9.17) is 0 Å². The quantitative estimate of drug-likeness (QED) is 0.123. The van der Waals surface area contributed by atoms with Gasteiger partial charge >= 0.3 is 0 Å². The van der Waals surface area contributed by atoms with Crippen molar-refractivity contribution < 1.29 is 0 Å². The summed E-state index contributed by atoms with van der Waals surface area (Å²) < 4.78 is 0. The van der Waals surface area contributed by atoms with E-state index in [1.54, 1.807) is 0 Å². The Hall–Kier alpha value is -9.82. The van der Waals surface area contributed by atoms with Gasteiger partial charge in [-0.3, -0.25) is 0 Å². The van der Waals surface area contributed by atoms with Crippen LogP contribution >= 0.6 is 0 Å². The monoisotopic (exact) mass is 965 g/mol. The molecule has 0 saturated carbocycles. The lowest BCUT2D eigenvalue weighted by atomic mass is 9.67. The van der Waals surface area contributed by atoms with Gasteiger partial charge in [0.15, 0.2) is 0 Å². The Bertz CT molecular complexity index is 4130. The number of rotatable bonds is 10. The van der Waals surface area contributed by atoms with Crippen molar-refractivity contribution in [2.75, 3.05) is 4.90 Å². The largest absolute Gasteiger partial charge is 0.310 e. The number of hydrogen-bond donors (Lipinski definition) is 0. The van der Waals surface area contributed by atoms with Gasteiger partial charge in [-0.15, -0.1) is 0 Å². The molecule has 1 aliphatic carbocycles. The first-order chi connectivity index (χ1) is 37.7. The van der Waals surface area contributed by atoms with E-state index in [1.165, 1.54) is 93.9 Å². The first kappa shape index (κ1) is 44.8. The Morgan fingerprint density at radius 1 is 0.211 bits per heavy atom. The van der Waals surface area contributed by atoms with E-state index in [2.05, 4.69) is 314 Å². The fraction of sp³-hybridized carbons (Fsp3) is 0.0133. The minimum atomic E-state index is -0.554. The van der Waals surface area contributed by atoms with E-state index in [9.17, 15) is 0 Å². The van der Waals surface area contributed by atoms with Crippen LogP contribution in [0, 0.1) is 0 Å². The predicted molar refractivity (Wildman–Crippen MR) is 321 cm³/mol. The Morgan fingerprint density at radius 3 is 1.21 bits per heavy atom. The number of nitrogens with zero attached hydrogens (tertiary/aromatic N) is 1. The predicted octanol–water partition coefficient (Wildman–Crippen LogP) is 20.2. The molecule has 1 heteroatoms. The molecule has 0 amide bonds. The summed E-state index contributed by atoms with van der Waals surface area (Å²) in [5.41, 5.74) is 22.1. The molecule has 13 aromatic rings. The van der Waals surface area contributed by atoms with Crippen molar-refractivity contribution in [3.8, 4) is 66.8 Å². The van der Waals surface area contributed by atoms with Gasteiger partial charge in [-0.1, -0.05) is 261 Å². The minimum absolute atomic E-state index is 0.554. The summed E-state index contributed by atoms with van der Waals surface area (Å²) in [6.07, 6.45) is 0.